The molecular weight excluding hydrogens is 250 g/mol. The highest BCUT2D eigenvalue weighted by molar-refractivity contribution is 5.65. The first-order valence-corrected chi connectivity index (χ1v) is 7.54. The minimum absolute atomic E-state index is 0.552. The fraction of sp³-hybridized carbons (Fsp3) is 0.600. The van der Waals surface area contributed by atoms with Gasteiger partial charge in [0.25, 0.3) is 0 Å². The molecule has 1 saturated heterocycles. The van der Waals surface area contributed by atoms with Gasteiger partial charge >= 0.3 is 0 Å². The normalized spacial score (nSPS) is 13.8. The van der Waals surface area contributed by atoms with E-state index in [1.165, 1.54) is 5.69 Å². The Labute approximate surface area is 121 Å². The van der Waals surface area contributed by atoms with Crippen molar-refractivity contribution in [1.82, 2.24) is 19.7 Å². The number of rotatable bonds is 2. The second-order valence-corrected chi connectivity index (χ2v) is 4.39. The maximum absolute atomic E-state index is 5.83. The van der Waals surface area contributed by atoms with Crippen LogP contribution < -0.4 is 11.1 Å². The molecule has 3 rings (SSSR count). The molecular formula is C15H27N5. The highest BCUT2D eigenvalue weighted by Gasteiger charge is 2.19. The number of hydrogen-bond acceptors (Lipinski definition) is 4. The van der Waals surface area contributed by atoms with Gasteiger partial charge in [-0.1, -0.05) is 27.7 Å². The summed E-state index contributed by atoms with van der Waals surface area (Å²) in [5.74, 6) is 2.25. The zero-order valence-electron chi connectivity index (χ0n) is 13.3. The maximum atomic E-state index is 5.83. The Balaban J connectivity index is 0.000000461. The van der Waals surface area contributed by atoms with Crippen molar-refractivity contribution in [1.29, 1.82) is 0 Å². The maximum Gasteiger partial charge on any atom is 0.149 e. The molecule has 2 aromatic rings. The molecule has 5 nitrogen and oxygen atoms in total. The summed E-state index contributed by atoms with van der Waals surface area (Å²) in [5, 5.41) is 3.28. The van der Waals surface area contributed by atoms with Crippen LogP contribution >= 0.6 is 0 Å². The van der Waals surface area contributed by atoms with Gasteiger partial charge < -0.3 is 11.1 Å². The molecule has 1 aliphatic heterocycles. The molecule has 0 aliphatic carbocycles. The van der Waals surface area contributed by atoms with Crippen LogP contribution in [-0.2, 0) is 6.42 Å². The third kappa shape index (κ3) is 3.28. The molecule has 0 aromatic carbocycles. The molecule has 1 aliphatic rings. The lowest BCUT2D eigenvalue weighted by atomic mass is 9.97. The van der Waals surface area contributed by atoms with Gasteiger partial charge in [-0.3, -0.25) is 4.40 Å². The van der Waals surface area contributed by atoms with Crippen LogP contribution in [0.25, 0.3) is 5.52 Å². The minimum atomic E-state index is 0.552. The first-order chi connectivity index (χ1) is 9.75. The number of fused-ring (bicyclic) bond motifs is 1. The first-order valence-electron chi connectivity index (χ1n) is 7.54. The molecule has 112 valence electrons. The Morgan fingerprint density at radius 2 is 1.85 bits per heavy atom. The van der Waals surface area contributed by atoms with Crippen LogP contribution in [0.15, 0.2) is 12.4 Å². The Morgan fingerprint density at radius 3 is 2.40 bits per heavy atom. The average Bonchev–Trinajstić information content (AvgIpc) is 2.84. The second kappa shape index (κ2) is 7.85. The molecule has 0 spiro atoms. The molecule has 3 N–H and O–H groups in total. The number of imidazole rings is 1. The van der Waals surface area contributed by atoms with Crippen molar-refractivity contribution < 1.29 is 0 Å². The van der Waals surface area contributed by atoms with E-state index in [1.54, 1.807) is 6.20 Å². The van der Waals surface area contributed by atoms with Gasteiger partial charge in [-0.15, -0.1) is 0 Å². The van der Waals surface area contributed by atoms with Crippen LogP contribution in [0, 0.1) is 12.8 Å². The summed E-state index contributed by atoms with van der Waals surface area (Å²) >= 11 is 0. The van der Waals surface area contributed by atoms with E-state index in [-0.39, 0.29) is 0 Å². The molecule has 20 heavy (non-hydrogen) atoms. The average molecular weight is 277 g/mol. The number of nitrogens with two attached hydrogens (primary N) is 1. The van der Waals surface area contributed by atoms with Gasteiger partial charge in [0.2, 0.25) is 0 Å². The minimum Gasteiger partial charge on any atom is -0.382 e. The monoisotopic (exact) mass is 277 g/mol. The molecule has 2 aromatic heterocycles. The highest BCUT2D eigenvalue weighted by Crippen LogP contribution is 2.18. The van der Waals surface area contributed by atoms with E-state index in [0.717, 1.165) is 36.8 Å². The summed E-state index contributed by atoms with van der Waals surface area (Å²) in [6, 6.07) is 0. The fourth-order valence-electron chi connectivity index (χ4n) is 2.19. The molecule has 3 heterocycles. The summed E-state index contributed by atoms with van der Waals surface area (Å²) in [6.07, 6.45) is 4.70. The highest BCUT2D eigenvalue weighted by atomic mass is 15.1. The van der Waals surface area contributed by atoms with Crippen LogP contribution in [0.3, 0.4) is 0 Å². The van der Waals surface area contributed by atoms with Crippen molar-refractivity contribution in [2.24, 2.45) is 5.92 Å². The molecule has 0 bridgehead atoms. The Kier molecular flexibility index (Phi) is 6.45. The zero-order valence-corrected chi connectivity index (χ0v) is 13.3. The Bertz CT molecular complexity index is 528. The van der Waals surface area contributed by atoms with E-state index < -0.39 is 0 Å². The third-order valence-electron chi connectivity index (χ3n) is 3.20. The van der Waals surface area contributed by atoms with Crippen LogP contribution in [0.5, 0.6) is 0 Å². The van der Waals surface area contributed by atoms with E-state index in [0.29, 0.717) is 5.82 Å². The van der Waals surface area contributed by atoms with Crippen LogP contribution in [0.4, 0.5) is 5.82 Å². The smallest absolute Gasteiger partial charge is 0.149 e. The Hall–Kier alpha value is -1.62. The van der Waals surface area contributed by atoms with E-state index in [4.69, 9.17) is 5.73 Å². The molecule has 1 fully saturated rings. The van der Waals surface area contributed by atoms with Gasteiger partial charge in [-0.2, -0.15) is 0 Å². The lowest BCUT2D eigenvalue weighted by molar-refractivity contribution is 0.342. The summed E-state index contributed by atoms with van der Waals surface area (Å²) < 4.78 is 2.11. The van der Waals surface area contributed by atoms with Crippen molar-refractivity contribution in [3.63, 3.8) is 0 Å². The number of nitrogens with zero attached hydrogens (tertiary/aromatic N) is 3. The quantitative estimate of drug-likeness (QED) is 0.884. The first kappa shape index (κ1) is 16.4. The summed E-state index contributed by atoms with van der Waals surface area (Å²) in [6.45, 7) is 12.2. The number of anilines is 1. The molecule has 0 radical (unpaired) electrons. The predicted octanol–water partition coefficient (Wildman–Crippen LogP) is 2.43. The number of aromatic nitrogens is 3. The van der Waals surface area contributed by atoms with E-state index in [1.807, 2.05) is 40.8 Å². The lowest BCUT2D eigenvalue weighted by Crippen LogP contribution is -2.43. The second-order valence-electron chi connectivity index (χ2n) is 4.39. The number of nitrogen functional groups attached to an aromatic ring is 1. The Morgan fingerprint density at radius 1 is 1.20 bits per heavy atom. The van der Waals surface area contributed by atoms with E-state index in [2.05, 4.69) is 19.7 Å². The van der Waals surface area contributed by atoms with Gasteiger partial charge in [-0.25, -0.2) is 9.97 Å². The molecule has 0 saturated carbocycles. The van der Waals surface area contributed by atoms with Gasteiger partial charge in [0.05, 0.1) is 6.20 Å². The van der Waals surface area contributed by atoms with Crippen molar-refractivity contribution in [2.45, 2.75) is 41.0 Å². The summed E-state index contributed by atoms with van der Waals surface area (Å²) in [4.78, 5) is 8.52. The predicted molar refractivity (Wildman–Crippen MR) is 84.9 cm³/mol. The summed E-state index contributed by atoms with van der Waals surface area (Å²) in [7, 11) is 0. The number of nitrogens with one attached hydrogen (secondary N) is 1. The molecule has 5 heteroatoms. The van der Waals surface area contributed by atoms with Gasteiger partial charge in [-0.05, 0) is 32.4 Å². The zero-order chi connectivity index (χ0) is 15.1. The fourth-order valence-corrected chi connectivity index (χ4v) is 2.19. The number of hydrogen-bond donors (Lipinski definition) is 2. The standard InChI is InChI=1S/C11H15N5.2C2H6/c1-7-14-6-10-11(12)15-5-9(16(7)10)2-8-3-13-4-8;2*1-2/h5-6,8,13H,2-4H2,1H3,(H2,12,15);2*1-2H3. The summed E-state index contributed by atoms with van der Waals surface area (Å²) in [5.41, 5.74) is 7.95. The van der Waals surface area contributed by atoms with Gasteiger partial charge in [0.1, 0.15) is 17.2 Å². The van der Waals surface area contributed by atoms with Crippen molar-refractivity contribution in [2.75, 3.05) is 18.8 Å². The molecule has 0 amide bonds. The van der Waals surface area contributed by atoms with Crippen molar-refractivity contribution >= 4 is 11.3 Å². The van der Waals surface area contributed by atoms with Crippen molar-refractivity contribution in [3.05, 3.63) is 23.9 Å². The van der Waals surface area contributed by atoms with E-state index >= 15 is 0 Å². The van der Waals surface area contributed by atoms with E-state index in [9.17, 15) is 0 Å². The van der Waals surface area contributed by atoms with Crippen LogP contribution in [0.1, 0.15) is 39.2 Å². The topological polar surface area (TPSA) is 68.2 Å². The SMILES string of the molecule is CC.CC.Cc1ncc2c(N)ncc(CC3CNC3)n12. The third-order valence-corrected chi connectivity index (χ3v) is 3.20. The largest absolute Gasteiger partial charge is 0.382 e. The van der Waals surface area contributed by atoms with Gasteiger partial charge in [0.15, 0.2) is 0 Å². The number of aryl methyl sites for hydroxylation is 1. The lowest BCUT2D eigenvalue weighted by Gasteiger charge is -2.27. The van der Waals surface area contributed by atoms with Gasteiger partial charge in [0, 0.05) is 11.9 Å². The van der Waals surface area contributed by atoms with Crippen LogP contribution in [0.2, 0.25) is 0 Å². The molecule has 0 atom stereocenters. The molecule has 0 unspecified atom stereocenters. The van der Waals surface area contributed by atoms with Crippen LogP contribution in [-0.4, -0.2) is 27.5 Å². The van der Waals surface area contributed by atoms with Crippen molar-refractivity contribution in [3.8, 4) is 0 Å².